The summed E-state index contributed by atoms with van der Waals surface area (Å²) in [6.45, 7) is 0. The normalized spacial score (nSPS) is 9.78. The molecule has 6 heteroatoms. The zero-order chi connectivity index (χ0) is 13.1. The predicted molar refractivity (Wildman–Crippen MR) is 72.9 cm³/mol. The number of carbonyl (C=O) groups excluding carboxylic acids is 1. The fourth-order valence-corrected chi connectivity index (χ4v) is 2.42. The van der Waals surface area contributed by atoms with E-state index >= 15 is 0 Å². The van der Waals surface area contributed by atoms with Gasteiger partial charge in [0.05, 0.1) is 28.0 Å². The van der Waals surface area contributed by atoms with Crippen molar-refractivity contribution in [2.75, 3.05) is 11.1 Å². The Labute approximate surface area is 113 Å². The number of nitrogens with zero attached hydrogens (tertiary/aromatic N) is 1. The SMILES string of the molecule is N#Cc1ccc(NC(=O)c2sccc2Cl)c(N)c1. The number of carbonyl (C=O) groups is 1. The molecule has 3 N–H and O–H groups in total. The summed E-state index contributed by atoms with van der Waals surface area (Å²) < 4.78 is 0. The van der Waals surface area contributed by atoms with Crippen LogP contribution in [-0.2, 0) is 0 Å². The Hall–Kier alpha value is -2.03. The summed E-state index contributed by atoms with van der Waals surface area (Å²) in [6, 6.07) is 8.31. The Morgan fingerprint density at radius 3 is 2.78 bits per heavy atom. The molecule has 0 spiro atoms. The number of nitrogen functional groups attached to an aromatic ring is 1. The van der Waals surface area contributed by atoms with Crippen molar-refractivity contribution in [2.24, 2.45) is 0 Å². The summed E-state index contributed by atoms with van der Waals surface area (Å²) in [6.07, 6.45) is 0. The van der Waals surface area contributed by atoms with E-state index in [9.17, 15) is 4.79 Å². The second-order valence-corrected chi connectivity index (χ2v) is 4.79. The minimum atomic E-state index is -0.314. The highest BCUT2D eigenvalue weighted by molar-refractivity contribution is 7.12. The average molecular weight is 278 g/mol. The summed E-state index contributed by atoms with van der Waals surface area (Å²) in [5, 5.41) is 13.5. The first-order chi connectivity index (χ1) is 8.61. The van der Waals surface area contributed by atoms with Crippen LogP contribution in [0.4, 0.5) is 11.4 Å². The molecule has 2 rings (SSSR count). The third-order valence-electron chi connectivity index (χ3n) is 2.25. The molecule has 1 heterocycles. The van der Waals surface area contributed by atoms with E-state index in [2.05, 4.69) is 5.32 Å². The van der Waals surface area contributed by atoms with Crippen molar-refractivity contribution in [3.8, 4) is 6.07 Å². The van der Waals surface area contributed by atoms with Crippen molar-refractivity contribution in [2.45, 2.75) is 0 Å². The maximum Gasteiger partial charge on any atom is 0.267 e. The number of rotatable bonds is 2. The van der Waals surface area contributed by atoms with Gasteiger partial charge in [0.15, 0.2) is 0 Å². The summed E-state index contributed by atoms with van der Waals surface area (Å²) in [7, 11) is 0. The van der Waals surface area contributed by atoms with Gasteiger partial charge < -0.3 is 11.1 Å². The molecular weight excluding hydrogens is 270 g/mol. The molecular formula is C12H8ClN3OS. The number of halogens is 1. The Balaban J connectivity index is 2.23. The fourth-order valence-electron chi connectivity index (χ4n) is 1.38. The largest absolute Gasteiger partial charge is 0.397 e. The van der Waals surface area contributed by atoms with Gasteiger partial charge in [0.2, 0.25) is 0 Å². The second-order valence-electron chi connectivity index (χ2n) is 3.47. The second kappa shape index (κ2) is 5.08. The van der Waals surface area contributed by atoms with Crippen LogP contribution in [0.1, 0.15) is 15.2 Å². The van der Waals surface area contributed by atoms with Gasteiger partial charge in [-0.25, -0.2) is 0 Å². The lowest BCUT2D eigenvalue weighted by atomic mass is 10.2. The molecule has 90 valence electrons. The summed E-state index contributed by atoms with van der Waals surface area (Å²) in [4.78, 5) is 12.3. The van der Waals surface area contributed by atoms with Crippen LogP contribution in [0.25, 0.3) is 0 Å². The zero-order valence-corrected chi connectivity index (χ0v) is 10.7. The van der Waals surface area contributed by atoms with E-state index in [1.807, 2.05) is 6.07 Å². The third kappa shape index (κ3) is 2.45. The van der Waals surface area contributed by atoms with Crippen molar-refractivity contribution < 1.29 is 4.79 Å². The van der Waals surface area contributed by atoms with Crippen LogP contribution < -0.4 is 11.1 Å². The van der Waals surface area contributed by atoms with Gasteiger partial charge in [-0.05, 0) is 29.6 Å². The van der Waals surface area contributed by atoms with E-state index in [1.165, 1.54) is 17.4 Å². The molecule has 0 aliphatic rings. The summed E-state index contributed by atoms with van der Waals surface area (Å²) in [5.74, 6) is -0.314. The topological polar surface area (TPSA) is 78.9 Å². The Bertz CT molecular complexity index is 645. The van der Waals surface area contributed by atoms with Gasteiger partial charge in [-0.15, -0.1) is 11.3 Å². The van der Waals surface area contributed by atoms with Gasteiger partial charge in [-0.3, -0.25) is 4.79 Å². The predicted octanol–water partition coefficient (Wildman–Crippen LogP) is 3.11. The number of anilines is 2. The Morgan fingerprint density at radius 1 is 1.44 bits per heavy atom. The molecule has 1 amide bonds. The number of nitriles is 1. The van der Waals surface area contributed by atoms with Gasteiger partial charge in [0.25, 0.3) is 5.91 Å². The van der Waals surface area contributed by atoms with Crippen LogP contribution in [-0.4, -0.2) is 5.91 Å². The van der Waals surface area contributed by atoms with E-state index in [-0.39, 0.29) is 5.91 Å². The smallest absolute Gasteiger partial charge is 0.267 e. The highest BCUT2D eigenvalue weighted by Gasteiger charge is 2.13. The Kier molecular flexibility index (Phi) is 3.51. The number of nitrogens with two attached hydrogens (primary N) is 1. The van der Waals surface area contributed by atoms with Gasteiger partial charge >= 0.3 is 0 Å². The maximum absolute atomic E-state index is 11.9. The highest BCUT2D eigenvalue weighted by Crippen LogP contribution is 2.25. The lowest BCUT2D eigenvalue weighted by Gasteiger charge is -2.07. The zero-order valence-electron chi connectivity index (χ0n) is 9.11. The standard InChI is InChI=1S/C12H8ClN3OS/c13-8-3-4-18-11(8)12(17)16-10-2-1-7(6-14)5-9(10)15/h1-5H,15H2,(H,16,17). The molecule has 0 bridgehead atoms. The van der Waals surface area contributed by atoms with E-state index in [0.717, 1.165) is 0 Å². The number of benzene rings is 1. The quantitative estimate of drug-likeness (QED) is 0.828. The van der Waals surface area contributed by atoms with Crippen LogP contribution in [0.2, 0.25) is 5.02 Å². The van der Waals surface area contributed by atoms with Crippen molar-refractivity contribution in [1.29, 1.82) is 5.26 Å². The fraction of sp³-hybridized carbons (Fsp3) is 0. The summed E-state index contributed by atoms with van der Waals surface area (Å²) in [5.41, 5.74) is 6.99. The van der Waals surface area contributed by atoms with Crippen molar-refractivity contribution >= 4 is 40.2 Å². The van der Waals surface area contributed by atoms with Crippen LogP contribution in [0.15, 0.2) is 29.6 Å². The minimum absolute atomic E-state index is 0.314. The lowest BCUT2D eigenvalue weighted by molar-refractivity contribution is 0.103. The Morgan fingerprint density at radius 2 is 2.22 bits per heavy atom. The van der Waals surface area contributed by atoms with Gasteiger partial charge in [0.1, 0.15) is 4.88 Å². The summed E-state index contributed by atoms with van der Waals surface area (Å²) >= 11 is 7.12. The molecule has 0 atom stereocenters. The van der Waals surface area contributed by atoms with Crippen molar-refractivity contribution in [1.82, 2.24) is 0 Å². The molecule has 0 unspecified atom stereocenters. The average Bonchev–Trinajstić information content (AvgIpc) is 2.78. The van der Waals surface area contributed by atoms with Crippen LogP contribution >= 0.6 is 22.9 Å². The van der Waals surface area contributed by atoms with E-state index in [4.69, 9.17) is 22.6 Å². The van der Waals surface area contributed by atoms with Crippen LogP contribution in [0.5, 0.6) is 0 Å². The molecule has 0 radical (unpaired) electrons. The van der Waals surface area contributed by atoms with Crippen molar-refractivity contribution in [3.05, 3.63) is 45.1 Å². The molecule has 1 aromatic heterocycles. The monoisotopic (exact) mass is 277 g/mol. The first-order valence-electron chi connectivity index (χ1n) is 4.96. The molecule has 0 fully saturated rings. The molecule has 0 saturated heterocycles. The van der Waals surface area contributed by atoms with Crippen LogP contribution in [0.3, 0.4) is 0 Å². The molecule has 0 aliphatic heterocycles. The maximum atomic E-state index is 11.9. The van der Waals surface area contributed by atoms with Crippen LogP contribution in [0, 0.1) is 11.3 Å². The van der Waals surface area contributed by atoms with E-state index < -0.39 is 0 Å². The molecule has 0 aliphatic carbocycles. The number of thiophene rings is 1. The van der Waals surface area contributed by atoms with Gasteiger partial charge in [-0.1, -0.05) is 11.6 Å². The van der Waals surface area contributed by atoms with E-state index in [0.29, 0.717) is 26.8 Å². The third-order valence-corrected chi connectivity index (χ3v) is 3.59. The molecule has 0 saturated carbocycles. The molecule has 18 heavy (non-hydrogen) atoms. The van der Waals surface area contributed by atoms with Gasteiger partial charge in [0, 0.05) is 0 Å². The minimum Gasteiger partial charge on any atom is -0.397 e. The number of amides is 1. The number of hydrogen-bond acceptors (Lipinski definition) is 4. The molecule has 4 nitrogen and oxygen atoms in total. The van der Waals surface area contributed by atoms with Crippen molar-refractivity contribution in [3.63, 3.8) is 0 Å². The first-order valence-corrected chi connectivity index (χ1v) is 6.21. The highest BCUT2D eigenvalue weighted by atomic mass is 35.5. The number of hydrogen-bond donors (Lipinski definition) is 2. The van der Waals surface area contributed by atoms with Gasteiger partial charge in [-0.2, -0.15) is 5.26 Å². The first kappa shape index (κ1) is 12.4. The molecule has 2 aromatic rings. The lowest BCUT2D eigenvalue weighted by Crippen LogP contribution is -2.12. The molecule has 1 aromatic carbocycles. The number of nitrogens with one attached hydrogen (secondary N) is 1. The van der Waals surface area contributed by atoms with E-state index in [1.54, 1.807) is 23.6 Å².